The van der Waals surface area contributed by atoms with Gasteiger partial charge < -0.3 is 10.2 Å². The van der Waals surface area contributed by atoms with E-state index >= 15 is 0 Å². The fourth-order valence-corrected chi connectivity index (χ4v) is 6.00. The quantitative estimate of drug-likeness (QED) is 0.851. The first-order valence-corrected chi connectivity index (χ1v) is 10.7. The predicted molar refractivity (Wildman–Crippen MR) is 93.6 cm³/mol. The molecule has 0 aromatic heterocycles. The van der Waals surface area contributed by atoms with Crippen molar-refractivity contribution in [3.8, 4) is 11.5 Å². The third kappa shape index (κ3) is 4.26. The molecule has 5 nitrogen and oxygen atoms in total. The van der Waals surface area contributed by atoms with Crippen molar-refractivity contribution in [2.24, 2.45) is 5.92 Å². The zero-order valence-electron chi connectivity index (χ0n) is 14.3. The first-order valence-electron chi connectivity index (χ1n) is 9.06. The van der Waals surface area contributed by atoms with Crippen LogP contribution in [0.5, 0.6) is 11.5 Å². The molecule has 1 aliphatic heterocycles. The van der Waals surface area contributed by atoms with E-state index < -0.39 is 21.6 Å². The summed E-state index contributed by atoms with van der Waals surface area (Å²) in [5.41, 5.74) is 0.444. The molecule has 2 aliphatic rings. The molecule has 0 amide bonds. The lowest BCUT2D eigenvalue weighted by Crippen LogP contribution is -2.40. The molecule has 1 saturated carbocycles. The largest absolute Gasteiger partial charge is 0.508 e. The first-order chi connectivity index (χ1) is 11.9. The second kappa shape index (κ2) is 7.50. The van der Waals surface area contributed by atoms with Crippen LogP contribution in [0, 0.1) is 11.7 Å². The Bertz CT molecular complexity index is 708. The van der Waals surface area contributed by atoms with Crippen LogP contribution in [-0.4, -0.2) is 41.8 Å². The SMILES string of the molecule is O=S(=O)(CC1CCCCC1)N1CCC(c2cc(F)c(O)cc2O)CC1. The van der Waals surface area contributed by atoms with Gasteiger partial charge in [-0.15, -0.1) is 0 Å². The van der Waals surface area contributed by atoms with Gasteiger partial charge in [0.25, 0.3) is 0 Å². The molecule has 1 aliphatic carbocycles. The predicted octanol–water partition coefficient (Wildman–Crippen LogP) is 3.33. The Balaban J connectivity index is 1.62. The van der Waals surface area contributed by atoms with Crippen LogP contribution in [0.2, 0.25) is 0 Å². The Morgan fingerprint density at radius 3 is 2.28 bits per heavy atom. The molecule has 1 aromatic rings. The van der Waals surface area contributed by atoms with Gasteiger partial charge in [-0.2, -0.15) is 0 Å². The number of aromatic hydroxyl groups is 2. The molecule has 3 rings (SSSR count). The van der Waals surface area contributed by atoms with Crippen molar-refractivity contribution >= 4 is 10.0 Å². The lowest BCUT2D eigenvalue weighted by Gasteiger charge is -2.33. The lowest BCUT2D eigenvalue weighted by atomic mass is 9.89. The molecule has 0 unspecified atom stereocenters. The van der Waals surface area contributed by atoms with Gasteiger partial charge in [0.15, 0.2) is 11.6 Å². The summed E-state index contributed by atoms with van der Waals surface area (Å²) in [5.74, 6) is -1.07. The van der Waals surface area contributed by atoms with Crippen molar-refractivity contribution < 1.29 is 23.0 Å². The molecule has 140 valence electrons. The highest BCUT2D eigenvalue weighted by Gasteiger charge is 2.32. The molecule has 0 spiro atoms. The molecular weight excluding hydrogens is 345 g/mol. The normalized spacial score (nSPS) is 21.5. The second-order valence-electron chi connectivity index (χ2n) is 7.32. The number of rotatable bonds is 4. The summed E-state index contributed by atoms with van der Waals surface area (Å²) in [6, 6.07) is 2.17. The van der Waals surface area contributed by atoms with Gasteiger partial charge in [0.1, 0.15) is 5.75 Å². The first kappa shape index (κ1) is 18.5. The minimum atomic E-state index is -3.26. The number of hydrogen-bond donors (Lipinski definition) is 2. The molecule has 1 saturated heterocycles. The summed E-state index contributed by atoms with van der Waals surface area (Å²) in [6.07, 6.45) is 6.52. The maximum Gasteiger partial charge on any atom is 0.214 e. The smallest absolute Gasteiger partial charge is 0.214 e. The summed E-state index contributed by atoms with van der Waals surface area (Å²) in [7, 11) is -3.26. The molecule has 2 N–H and O–H groups in total. The van der Waals surface area contributed by atoms with Crippen LogP contribution in [0.4, 0.5) is 4.39 Å². The second-order valence-corrected chi connectivity index (χ2v) is 9.33. The molecule has 25 heavy (non-hydrogen) atoms. The Labute approximate surface area is 148 Å². The Morgan fingerprint density at radius 1 is 1.00 bits per heavy atom. The van der Waals surface area contributed by atoms with E-state index in [0.717, 1.165) is 37.8 Å². The van der Waals surface area contributed by atoms with Gasteiger partial charge in [-0.1, -0.05) is 19.3 Å². The highest BCUT2D eigenvalue weighted by atomic mass is 32.2. The van der Waals surface area contributed by atoms with E-state index in [1.807, 2.05) is 0 Å². The van der Waals surface area contributed by atoms with Crippen LogP contribution in [0.15, 0.2) is 12.1 Å². The Morgan fingerprint density at radius 2 is 1.64 bits per heavy atom. The standard InChI is InChI=1S/C18H26FNO4S/c19-16-10-15(17(21)11-18(16)22)14-6-8-20(9-7-14)25(23,24)12-13-4-2-1-3-5-13/h10-11,13-14,21-22H,1-9,12H2. The third-order valence-corrected chi connectivity index (χ3v) is 7.60. The minimum absolute atomic E-state index is 0.101. The van der Waals surface area contributed by atoms with Crippen molar-refractivity contribution in [2.75, 3.05) is 18.8 Å². The van der Waals surface area contributed by atoms with E-state index in [2.05, 4.69) is 0 Å². The Hall–Kier alpha value is -1.34. The number of sulfonamides is 1. The molecule has 2 fully saturated rings. The van der Waals surface area contributed by atoms with E-state index in [-0.39, 0.29) is 23.3 Å². The van der Waals surface area contributed by atoms with Gasteiger partial charge >= 0.3 is 0 Å². The Kier molecular flexibility index (Phi) is 5.53. The van der Waals surface area contributed by atoms with E-state index in [9.17, 15) is 23.0 Å². The van der Waals surface area contributed by atoms with Gasteiger partial charge in [0.2, 0.25) is 10.0 Å². The van der Waals surface area contributed by atoms with Gasteiger partial charge in [0, 0.05) is 24.7 Å². The van der Waals surface area contributed by atoms with Gasteiger partial charge in [-0.05, 0) is 43.6 Å². The molecule has 7 heteroatoms. The fraction of sp³-hybridized carbons (Fsp3) is 0.667. The van der Waals surface area contributed by atoms with Gasteiger partial charge in [-0.3, -0.25) is 0 Å². The zero-order valence-corrected chi connectivity index (χ0v) is 15.1. The topological polar surface area (TPSA) is 77.8 Å². The number of halogens is 1. The van der Waals surface area contributed by atoms with Crippen LogP contribution in [0.3, 0.4) is 0 Å². The summed E-state index contributed by atoms with van der Waals surface area (Å²) in [5, 5.41) is 19.3. The number of phenolic OH excluding ortho intramolecular Hbond substituents is 2. The van der Waals surface area contributed by atoms with E-state index in [0.29, 0.717) is 31.5 Å². The molecule has 0 atom stereocenters. The monoisotopic (exact) mass is 371 g/mol. The maximum absolute atomic E-state index is 13.6. The van der Waals surface area contributed by atoms with Crippen molar-refractivity contribution in [1.29, 1.82) is 0 Å². The molecule has 0 bridgehead atoms. The van der Waals surface area contributed by atoms with Crippen molar-refractivity contribution in [3.05, 3.63) is 23.5 Å². The van der Waals surface area contributed by atoms with Crippen molar-refractivity contribution in [3.63, 3.8) is 0 Å². The molecule has 1 heterocycles. The lowest BCUT2D eigenvalue weighted by molar-refractivity contribution is 0.307. The summed E-state index contributed by atoms with van der Waals surface area (Å²) in [6.45, 7) is 0.781. The number of piperidine rings is 1. The van der Waals surface area contributed by atoms with Gasteiger partial charge in [-0.25, -0.2) is 17.1 Å². The number of benzene rings is 1. The van der Waals surface area contributed by atoms with Gasteiger partial charge in [0.05, 0.1) is 5.75 Å². The maximum atomic E-state index is 13.6. The molecule has 0 radical (unpaired) electrons. The zero-order chi connectivity index (χ0) is 18.0. The van der Waals surface area contributed by atoms with Crippen LogP contribution in [0.25, 0.3) is 0 Å². The minimum Gasteiger partial charge on any atom is -0.508 e. The van der Waals surface area contributed by atoms with E-state index in [1.165, 1.54) is 6.42 Å². The third-order valence-electron chi connectivity index (χ3n) is 5.55. The summed E-state index contributed by atoms with van der Waals surface area (Å²) < 4.78 is 40.4. The van der Waals surface area contributed by atoms with Crippen LogP contribution >= 0.6 is 0 Å². The van der Waals surface area contributed by atoms with Crippen LogP contribution in [-0.2, 0) is 10.0 Å². The fourth-order valence-electron chi connectivity index (χ4n) is 4.10. The van der Waals surface area contributed by atoms with Crippen molar-refractivity contribution in [2.45, 2.75) is 50.9 Å². The molecular formula is C18H26FNO4S. The average molecular weight is 371 g/mol. The van der Waals surface area contributed by atoms with E-state index in [4.69, 9.17) is 0 Å². The summed E-state index contributed by atoms with van der Waals surface area (Å²) in [4.78, 5) is 0. The van der Waals surface area contributed by atoms with Crippen LogP contribution in [0.1, 0.15) is 56.4 Å². The van der Waals surface area contributed by atoms with Crippen LogP contribution < -0.4 is 0 Å². The number of phenols is 2. The number of hydrogen-bond acceptors (Lipinski definition) is 4. The highest BCUT2D eigenvalue weighted by molar-refractivity contribution is 7.89. The highest BCUT2D eigenvalue weighted by Crippen LogP contribution is 2.37. The number of nitrogens with zero attached hydrogens (tertiary/aromatic N) is 1. The average Bonchev–Trinajstić information content (AvgIpc) is 2.59. The van der Waals surface area contributed by atoms with E-state index in [1.54, 1.807) is 4.31 Å². The molecule has 1 aromatic carbocycles. The van der Waals surface area contributed by atoms with Crippen molar-refractivity contribution in [1.82, 2.24) is 4.31 Å². The summed E-state index contributed by atoms with van der Waals surface area (Å²) >= 11 is 0.